The topological polar surface area (TPSA) is 29.0 Å². The minimum absolute atomic E-state index is 0.533. The van der Waals surface area contributed by atoms with Crippen molar-refractivity contribution >= 4 is 17.4 Å². The molecule has 1 aliphatic rings. The van der Waals surface area contributed by atoms with Gasteiger partial charge in [-0.15, -0.1) is 0 Å². The molecule has 1 aromatic heterocycles. The predicted molar refractivity (Wildman–Crippen MR) is 68.1 cm³/mol. The summed E-state index contributed by atoms with van der Waals surface area (Å²) >= 11 is 6.03. The molecule has 3 nitrogen and oxygen atoms in total. The Morgan fingerprint density at radius 3 is 2.41 bits per heavy atom. The van der Waals surface area contributed by atoms with Crippen molar-refractivity contribution in [3.05, 3.63) is 52.4 Å². The van der Waals surface area contributed by atoms with Gasteiger partial charge < -0.3 is 4.90 Å². The van der Waals surface area contributed by atoms with Crippen LogP contribution in [0.5, 0.6) is 0 Å². The number of anilines is 1. The van der Waals surface area contributed by atoms with Gasteiger partial charge in [-0.25, -0.2) is 9.97 Å². The molecule has 2 aromatic rings. The normalized spacial score (nSPS) is 13.9. The molecule has 86 valence electrons. The van der Waals surface area contributed by atoms with Crippen LogP contribution in [0.3, 0.4) is 0 Å². The van der Waals surface area contributed by atoms with Crippen LogP contribution in [-0.4, -0.2) is 9.97 Å². The number of halogens is 1. The fourth-order valence-electron chi connectivity index (χ4n) is 2.22. The number of rotatable bonds is 1. The molecule has 0 fully saturated rings. The van der Waals surface area contributed by atoms with E-state index in [1.807, 2.05) is 6.92 Å². The second-order valence-electron chi connectivity index (χ2n) is 4.24. The monoisotopic (exact) mass is 245 g/mol. The molecule has 0 saturated heterocycles. The van der Waals surface area contributed by atoms with Crippen molar-refractivity contribution in [1.29, 1.82) is 0 Å². The highest BCUT2D eigenvalue weighted by atomic mass is 35.5. The lowest BCUT2D eigenvalue weighted by Crippen LogP contribution is -2.17. The molecule has 0 radical (unpaired) electrons. The Morgan fingerprint density at radius 1 is 1.12 bits per heavy atom. The Balaban J connectivity index is 1.97. The summed E-state index contributed by atoms with van der Waals surface area (Å²) in [6, 6.07) is 8.46. The van der Waals surface area contributed by atoms with Gasteiger partial charge in [-0.05, 0) is 18.1 Å². The maximum Gasteiger partial charge on any atom is 0.137 e. The lowest BCUT2D eigenvalue weighted by Gasteiger charge is -2.18. The number of hydrogen-bond acceptors (Lipinski definition) is 3. The SMILES string of the molecule is Cc1c(Cl)ncnc1N1Cc2ccccc2C1. The molecule has 0 atom stereocenters. The minimum Gasteiger partial charge on any atom is -0.348 e. The maximum absolute atomic E-state index is 6.03. The molecule has 0 bridgehead atoms. The summed E-state index contributed by atoms with van der Waals surface area (Å²) in [5.41, 5.74) is 3.67. The van der Waals surface area contributed by atoms with Crippen LogP contribution in [0.25, 0.3) is 0 Å². The highest BCUT2D eigenvalue weighted by molar-refractivity contribution is 6.30. The van der Waals surface area contributed by atoms with Crippen LogP contribution in [0.1, 0.15) is 16.7 Å². The second kappa shape index (κ2) is 4.00. The zero-order valence-corrected chi connectivity index (χ0v) is 10.3. The lowest BCUT2D eigenvalue weighted by atomic mass is 10.1. The van der Waals surface area contributed by atoms with Gasteiger partial charge in [0, 0.05) is 18.7 Å². The number of aromatic nitrogens is 2. The van der Waals surface area contributed by atoms with Crippen LogP contribution >= 0.6 is 11.6 Å². The highest BCUT2D eigenvalue weighted by Gasteiger charge is 2.21. The highest BCUT2D eigenvalue weighted by Crippen LogP contribution is 2.30. The molecule has 0 saturated carbocycles. The van der Waals surface area contributed by atoms with Crippen molar-refractivity contribution in [1.82, 2.24) is 9.97 Å². The number of benzene rings is 1. The lowest BCUT2D eigenvalue weighted by molar-refractivity contribution is 0.843. The summed E-state index contributed by atoms with van der Waals surface area (Å²) in [5, 5.41) is 0.533. The van der Waals surface area contributed by atoms with E-state index < -0.39 is 0 Å². The molecule has 0 N–H and O–H groups in total. The van der Waals surface area contributed by atoms with E-state index in [0.717, 1.165) is 24.5 Å². The first-order valence-electron chi connectivity index (χ1n) is 5.54. The van der Waals surface area contributed by atoms with E-state index in [0.29, 0.717) is 5.15 Å². The van der Waals surface area contributed by atoms with Gasteiger partial charge in [0.05, 0.1) is 0 Å². The van der Waals surface area contributed by atoms with Crippen molar-refractivity contribution in [2.45, 2.75) is 20.0 Å². The first-order chi connectivity index (χ1) is 8.25. The molecule has 0 aliphatic carbocycles. The molecule has 2 heterocycles. The molecular formula is C13H12ClN3. The molecule has 1 aliphatic heterocycles. The average Bonchev–Trinajstić information content (AvgIpc) is 2.76. The summed E-state index contributed by atoms with van der Waals surface area (Å²) in [6.07, 6.45) is 1.52. The molecule has 3 rings (SSSR count). The third-order valence-corrected chi connectivity index (χ3v) is 3.52. The van der Waals surface area contributed by atoms with Crippen molar-refractivity contribution in [3.8, 4) is 0 Å². The van der Waals surface area contributed by atoms with Crippen molar-refractivity contribution < 1.29 is 0 Å². The molecule has 0 spiro atoms. The third kappa shape index (κ3) is 1.76. The van der Waals surface area contributed by atoms with E-state index in [9.17, 15) is 0 Å². The number of nitrogens with zero attached hydrogens (tertiary/aromatic N) is 3. The summed E-state index contributed by atoms with van der Waals surface area (Å²) in [5.74, 6) is 0.932. The van der Waals surface area contributed by atoms with E-state index in [1.165, 1.54) is 17.5 Å². The standard InChI is InChI=1S/C13H12ClN3/c1-9-12(14)15-8-16-13(9)17-6-10-4-2-3-5-11(10)7-17/h2-5,8H,6-7H2,1H3. The number of hydrogen-bond donors (Lipinski definition) is 0. The molecule has 0 amide bonds. The quantitative estimate of drug-likeness (QED) is 0.724. The van der Waals surface area contributed by atoms with Crippen LogP contribution < -0.4 is 4.90 Å². The minimum atomic E-state index is 0.533. The van der Waals surface area contributed by atoms with Crippen molar-refractivity contribution in [3.63, 3.8) is 0 Å². The predicted octanol–water partition coefficient (Wildman–Crippen LogP) is 2.96. The first kappa shape index (κ1) is 10.5. The Labute approximate surface area is 105 Å². The second-order valence-corrected chi connectivity index (χ2v) is 4.60. The van der Waals surface area contributed by atoms with Gasteiger partial charge in [-0.3, -0.25) is 0 Å². The van der Waals surface area contributed by atoms with Gasteiger partial charge >= 0.3 is 0 Å². The zero-order chi connectivity index (χ0) is 11.8. The van der Waals surface area contributed by atoms with Crippen LogP contribution in [0.2, 0.25) is 5.15 Å². The van der Waals surface area contributed by atoms with Gasteiger partial charge in [0.2, 0.25) is 0 Å². The Bertz CT molecular complexity index is 543. The maximum atomic E-state index is 6.03. The zero-order valence-electron chi connectivity index (χ0n) is 9.52. The summed E-state index contributed by atoms with van der Waals surface area (Å²) < 4.78 is 0. The van der Waals surface area contributed by atoms with Crippen LogP contribution in [0.4, 0.5) is 5.82 Å². The summed E-state index contributed by atoms with van der Waals surface area (Å²) in [6.45, 7) is 3.75. The van der Waals surface area contributed by atoms with Crippen LogP contribution in [-0.2, 0) is 13.1 Å². The van der Waals surface area contributed by atoms with Gasteiger partial charge in [0.15, 0.2) is 0 Å². The molecule has 4 heteroatoms. The molecular weight excluding hydrogens is 234 g/mol. The van der Waals surface area contributed by atoms with Crippen LogP contribution in [0, 0.1) is 6.92 Å². The van der Waals surface area contributed by atoms with Crippen molar-refractivity contribution in [2.75, 3.05) is 4.90 Å². The van der Waals surface area contributed by atoms with Gasteiger partial charge in [0.25, 0.3) is 0 Å². The Morgan fingerprint density at radius 2 is 1.76 bits per heavy atom. The van der Waals surface area contributed by atoms with Gasteiger partial charge in [-0.2, -0.15) is 0 Å². The van der Waals surface area contributed by atoms with E-state index >= 15 is 0 Å². The summed E-state index contributed by atoms with van der Waals surface area (Å²) in [7, 11) is 0. The Hall–Kier alpha value is -1.61. The van der Waals surface area contributed by atoms with Crippen molar-refractivity contribution in [2.24, 2.45) is 0 Å². The fourth-order valence-corrected chi connectivity index (χ4v) is 2.35. The average molecular weight is 246 g/mol. The van der Waals surface area contributed by atoms with Gasteiger partial charge in [0.1, 0.15) is 17.3 Å². The summed E-state index contributed by atoms with van der Waals surface area (Å²) in [4.78, 5) is 10.6. The van der Waals surface area contributed by atoms with E-state index in [4.69, 9.17) is 11.6 Å². The molecule has 1 aromatic carbocycles. The largest absolute Gasteiger partial charge is 0.348 e. The Kier molecular flexibility index (Phi) is 2.48. The number of fused-ring (bicyclic) bond motifs is 1. The van der Waals surface area contributed by atoms with E-state index in [1.54, 1.807) is 0 Å². The molecule has 17 heavy (non-hydrogen) atoms. The fraction of sp³-hybridized carbons (Fsp3) is 0.231. The van der Waals surface area contributed by atoms with Crippen LogP contribution in [0.15, 0.2) is 30.6 Å². The first-order valence-corrected chi connectivity index (χ1v) is 5.92. The third-order valence-electron chi connectivity index (χ3n) is 3.14. The van der Waals surface area contributed by atoms with E-state index in [-0.39, 0.29) is 0 Å². The molecule has 0 unspecified atom stereocenters. The van der Waals surface area contributed by atoms with Gasteiger partial charge in [-0.1, -0.05) is 35.9 Å². The van der Waals surface area contributed by atoms with E-state index in [2.05, 4.69) is 39.1 Å². The smallest absolute Gasteiger partial charge is 0.137 e.